The van der Waals surface area contributed by atoms with Gasteiger partial charge in [-0.1, -0.05) is 38.1 Å². The minimum absolute atomic E-state index is 0.00789. The van der Waals surface area contributed by atoms with Crippen molar-refractivity contribution < 1.29 is 9.90 Å². The predicted molar refractivity (Wildman–Crippen MR) is 71.1 cm³/mol. The fraction of sp³-hybridized carbons (Fsp3) is 0.533. The van der Waals surface area contributed by atoms with Crippen molar-refractivity contribution in [2.75, 3.05) is 6.54 Å². The summed E-state index contributed by atoms with van der Waals surface area (Å²) < 4.78 is 0. The molecule has 1 aromatic carbocycles. The highest BCUT2D eigenvalue weighted by atomic mass is 16.3. The average molecular weight is 247 g/mol. The normalized spacial score (nSPS) is 22.7. The van der Waals surface area contributed by atoms with Crippen LogP contribution in [0.2, 0.25) is 0 Å². The van der Waals surface area contributed by atoms with E-state index >= 15 is 0 Å². The van der Waals surface area contributed by atoms with Gasteiger partial charge in [0.25, 0.3) is 0 Å². The summed E-state index contributed by atoms with van der Waals surface area (Å²) >= 11 is 0. The maximum absolute atomic E-state index is 11.6. The second-order valence-electron chi connectivity index (χ2n) is 5.41. The molecule has 1 aliphatic carbocycles. The number of nitrogens with one attached hydrogen (secondary N) is 1. The zero-order valence-electron chi connectivity index (χ0n) is 11.1. The molecule has 0 radical (unpaired) electrons. The van der Waals surface area contributed by atoms with Crippen molar-refractivity contribution in [2.45, 2.75) is 38.7 Å². The Bertz CT molecular complexity index is 442. The third-order valence-electron chi connectivity index (χ3n) is 3.63. The first-order valence-corrected chi connectivity index (χ1v) is 6.61. The summed E-state index contributed by atoms with van der Waals surface area (Å²) in [6, 6.07) is 7.97. The Morgan fingerprint density at radius 2 is 2.17 bits per heavy atom. The van der Waals surface area contributed by atoms with E-state index in [9.17, 15) is 9.90 Å². The second-order valence-corrected chi connectivity index (χ2v) is 5.41. The van der Waals surface area contributed by atoms with Gasteiger partial charge in [-0.2, -0.15) is 0 Å². The molecule has 0 bridgehead atoms. The summed E-state index contributed by atoms with van der Waals surface area (Å²) in [6.45, 7) is 4.02. The van der Waals surface area contributed by atoms with Crippen LogP contribution in [0.15, 0.2) is 24.3 Å². The lowest BCUT2D eigenvalue weighted by Gasteiger charge is -2.34. The lowest BCUT2D eigenvalue weighted by atomic mass is 9.79. The number of aryl methyl sites for hydroxylation is 1. The number of amides is 1. The number of fused-ring (bicyclic) bond motifs is 1. The minimum Gasteiger partial charge on any atom is -0.383 e. The number of carbonyl (C=O) groups excluding carboxylic acids is 1. The molecule has 0 saturated heterocycles. The lowest BCUT2D eigenvalue weighted by Crippen LogP contribution is -2.44. The van der Waals surface area contributed by atoms with Gasteiger partial charge >= 0.3 is 0 Å². The monoisotopic (exact) mass is 247 g/mol. The maximum atomic E-state index is 11.6. The van der Waals surface area contributed by atoms with Crippen molar-refractivity contribution in [3.05, 3.63) is 35.4 Å². The first-order valence-electron chi connectivity index (χ1n) is 6.61. The number of carbonyl (C=O) groups is 1. The Hall–Kier alpha value is -1.35. The van der Waals surface area contributed by atoms with Crippen LogP contribution in [-0.2, 0) is 16.8 Å². The van der Waals surface area contributed by atoms with Crippen molar-refractivity contribution in [2.24, 2.45) is 5.92 Å². The van der Waals surface area contributed by atoms with Crippen LogP contribution in [-0.4, -0.2) is 17.6 Å². The van der Waals surface area contributed by atoms with E-state index in [1.165, 1.54) is 5.56 Å². The molecule has 0 aromatic heterocycles. The van der Waals surface area contributed by atoms with Crippen molar-refractivity contribution in [1.82, 2.24) is 5.32 Å². The molecule has 0 heterocycles. The number of benzene rings is 1. The quantitative estimate of drug-likeness (QED) is 0.858. The van der Waals surface area contributed by atoms with Crippen LogP contribution in [0, 0.1) is 5.92 Å². The third-order valence-corrected chi connectivity index (χ3v) is 3.63. The van der Waals surface area contributed by atoms with Gasteiger partial charge in [0.05, 0.1) is 6.54 Å². The Morgan fingerprint density at radius 3 is 2.89 bits per heavy atom. The van der Waals surface area contributed by atoms with Gasteiger partial charge in [0.15, 0.2) is 0 Å². The summed E-state index contributed by atoms with van der Waals surface area (Å²) in [5.41, 5.74) is 1.27. The number of hydrogen-bond acceptors (Lipinski definition) is 2. The molecule has 1 aromatic rings. The molecule has 3 heteroatoms. The van der Waals surface area contributed by atoms with Gasteiger partial charge in [0.2, 0.25) is 5.91 Å². The van der Waals surface area contributed by atoms with Gasteiger partial charge in [0.1, 0.15) is 5.60 Å². The van der Waals surface area contributed by atoms with E-state index in [4.69, 9.17) is 0 Å². The fourth-order valence-corrected chi connectivity index (χ4v) is 2.52. The van der Waals surface area contributed by atoms with Gasteiger partial charge < -0.3 is 10.4 Å². The molecule has 1 aliphatic rings. The zero-order chi connectivity index (χ0) is 13.2. The van der Waals surface area contributed by atoms with Gasteiger partial charge in [-0.25, -0.2) is 0 Å². The average Bonchev–Trinajstić information content (AvgIpc) is 2.36. The second kappa shape index (κ2) is 5.11. The highest BCUT2D eigenvalue weighted by molar-refractivity contribution is 5.77. The molecule has 2 rings (SSSR count). The summed E-state index contributed by atoms with van der Waals surface area (Å²) in [4.78, 5) is 11.6. The standard InChI is InChI=1S/C15H21NO2/c1-11(2)14(17)16-10-15(18)9-5-7-12-6-3-4-8-13(12)15/h3-4,6,8,11,18H,5,7,9-10H2,1-2H3,(H,16,17). The molecule has 0 fully saturated rings. The molecule has 98 valence electrons. The zero-order valence-corrected chi connectivity index (χ0v) is 11.1. The molecule has 0 saturated carbocycles. The van der Waals surface area contributed by atoms with Gasteiger partial charge in [0, 0.05) is 5.92 Å². The van der Waals surface area contributed by atoms with Crippen LogP contribution in [0.4, 0.5) is 0 Å². The molecular formula is C15H21NO2. The lowest BCUT2D eigenvalue weighted by molar-refractivity contribution is -0.125. The molecule has 1 amide bonds. The molecule has 0 aliphatic heterocycles. The van der Waals surface area contributed by atoms with Crippen molar-refractivity contribution in [3.63, 3.8) is 0 Å². The van der Waals surface area contributed by atoms with Gasteiger partial charge in [-0.3, -0.25) is 4.79 Å². The van der Waals surface area contributed by atoms with Crippen LogP contribution < -0.4 is 5.32 Å². The van der Waals surface area contributed by atoms with Crippen molar-refractivity contribution >= 4 is 5.91 Å². The topological polar surface area (TPSA) is 49.3 Å². The van der Waals surface area contributed by atoms with Gasteiger partial charge in [-0.05, 0) is 30.4 Å². The highest BCUT2D eigenvalue weighted by Gasteiger charge is 2.34. The van der Waals surface area contributed by atoms with E-state index in [0.717, 1.165) is 18.4 Å². The van der Waals surface area contributed by atoms with Crippen LogP contribution in [0.5, 0.6) is 0 Å². The van der Waals surface area contributed by atoms with Crippen LogP contribution in [0.1, 0.15) is 37.8 Å². The Morgan fingerprint density at radius 1 is 1.44 bits per heavy atom. The Balaban J connectivity index is 2.15. The summed E-state index contributed by atoms with van der Waals surface area (Å²) in [5, 5.41) is 13.6. The van der Waals surface area contributed by atoms with E-state index in [1.54, 1.807) is 0 Å². The molecular weight excluding hydrogens is 226 g/mol. The number of rotatable bonds is 3. The Labute approximate surface area is 108 Å². The summed E-state index contributed by atoms with van der Waals surface area (Å²) in [5.74, 6) is -0.0566. The molecule has 2 N–H and O–H groups in total. The largest absolute Gasteiger partial charge is 0.383 e. The fourth-order valence-electron chi connectivity index (χ4n) is 2.52. The van der Waals surface area contributed by atoms with E-state index in [0.29, 0.717) is 13.0 Å². The first kappa shape index (κ1) is 13.1. The number of hydrogen-bond donors (Lipinski definition) is 2. The molecule has 1 atom stereocenters. The third kappa shape index (κ3) is 2.56. The molecule has 18 heavy (non-hydrogen) atoms. The minimum atomic E-state index is -0.903. The smallest absolute Gasteiger partial charge is 0.222 e. The Kier molecular flexibility index (Phi) is 3.71. The van der Waals surface area contributed by atoms with E-state index < -0.39 is 5.60 Å². The van der Waals surface area contributed by atoms with E-state index in [2.05, 4.69) is 11.4 Å². The molecule has 1 unspecified atom stereocenters. The van der Waals surface area contributed by atoms with E-state index in [1.807, 2.05) is 32.0 Å². The first-order chi connectivity index (χ1) is 8.53. The molecule has 0 spiro atoms. The maximum Gasteiger partial charge on any atom is 0.222 e. The SMILES string of the molecule is CC(C)C(=O)NCC1(O)CCCc2ccccc21. The number of aliphatic hydroxyl groups is 1. The summed E-state index contributed by atoms with van der Waals surface area (Å²) in [6.07, 6.45) is 2.68. The van der Waals surface area contributed by atoms with Crippen molar-refractivity contribution in [1.29, 1.82) is 0 Å². The summed E-state index contributed by atoms with van der Waals surface area (Å²) in [7, 11) is 0. The van der Waals surface area contributed by atoms with E-state index in [-0.39, 0.29) is 11.8 Å². The highest BCUT2D eigenvalue weighted by Crippen LogP contribution is 2.34. The van der Waals surface area contributed by atoms with Crippen molar-refractivity contribution in [3.8, 4) is 0 Å². The van der Waals surface area contributed by atoms with Gasteiger partial charge in [-0.15, -0.1) is 0 Å². The molecule has 3 nitrogen and oxygen atoms in total. The van der Waals surface area contributed by atoms with Crippen LogP contribution >= 0.6 is 0 Å². The van der Waals surface area contributed by atoms with Crippen LogP contribution in [0.3, 0.4) is 0 Å². The predicted octanol–water partition coefficient (Wildman–Crippen LogP) is 1.98. The van der Waals surface area contributed by atoms with Crippen LogP contribution in [0.25, 0.3) is 0 Å².